The Balaban J connectivity index is 1.99. The van der Waals surface area contributed by atoms with Crippen LogP contribution < -0.4 is 5.73 Å². The van der Waals surface area contributed by atoms with Gasteiger partial charge in [-0.1, -0.05) is 12.8 Å². The van der Waals surface area contributed by atoms with E-state index in [0.717, 1.165) is 25.7 Å². The first-order valence-electron chi connectivity index (χ1n) is 6.73. The molecule has 4 heteroatoms. The maximum absolute atomic E-state index is 13.2. The Bertz CT molecular complexity index is 272. The molecule has 0 radical (unpaired) electrons. The van der Waals surface area contributed by atoms with Gasteiger partial charge in [-0.2, -0.15) is 0 Å². The van der Waals surface area contributed by atoms with E-state index in [4.69, 9.17) is 5.73 Å². The maximum atomic E-state index is 13.2. The number of hydrogen-bond donors (Lipinski definition) is 2. The lowest BCUT2D eigenvalue weighted by Gasteiger charge is -2.42. The lowest BCUT2D eigenvalue weighted by molar-refractivity contribution is -0.0305. The molecule has 2 aliphatic carbocycles. The first-order chi connectivity index (χ1) is 7.97. The van der Waals surface area contributed by atoms with Crippen molar-refractivity contribution < 1.29 is 13.9 Å². The molecule has 2 nitrogen and oxygen atoms in total. The van der Waals surface area contributed by atoms with Gasteiger partial charge in [0.25, 0.3) is 0 Å². The molecule has 17 heavy (non-hydrogen) atoms. The van der Waals surface area contributed by atoms with E-state index >= 15 is 0 Å². The van der Waals surface area contributed by atoms with E-state index in [1.165, 1.54) is 0 Å². The summed E-state index contributed by atoms with van der Waals surface area (Å²) < 4.78 is 26.4. The van der Waals surface area contributed by atoms with Gasteiger partial charge in [-0.25, -0.2) is 8.78 Å². The van der Waals surface area contributed by atoms with Crippen molar-refractivity contribution in [2.45, 2.75) is 63.4 Å². The van der Waals surface area contributed by atoms with E-state index in [1.807, 2.05) is 0 Å². The molecule has 0 amide bonds. The molecule has 3 N–H and O–H groups in total. The van der Waals surface area contributed by atoms with Crippen molar-refractivity contribution in [3.05, 3.63) is 0 Å². The van der Waals surface area contributed by atoms with Gasteiger partial charge in [0.1, 0.15) is 0 Å². The minimum atomic E-state index is -2.49. The van der Waals surface area contributed by atoms with Crippen LogP contribution in [0.2, 0.25) is 0 Å². The number of aliphatic hydroxyl groups is 1. The molecule has 0 aliphatic heterocycles. The van der Waals surface area contributed by atoms with Crippen molar-refractivity contribution in [3.63, 3.8) is 0 Å². The van der Waals surface area contributed by atoms with Crippen LogP contribution in [0.25, 0.3) is 0 Å². The monoisotopic (exact) mass is 247 g/mol. The third-order valence-electron chi connectivity index (χ3n) is 4.72. The Morgan fingerprint density at radius 2 is 1.94 bits per heavy atom. The SMILES string of the molecule is NCC1(CC2CCC(F)(F)C2)CCCCC1O. The molecule has 0 aromatic rings. The molecule has 0 spiro atoms. The second-order valence-electron chi connectivity index (χ2n) is 6.00. The summed E-state index contributed by atoms with van der Waals surface area (Å²) in [5.41, 5.74) is 5.54. The second-order valence-corrected chi connectivity index (χ2v) is 6.00. The molecular formula is C13H23F2NO. The van der Waals surface area contributed by atoms with E-state index < -0.39 is 12.0 Å². The largest absolute Gasteiger partial charge is 0.393 e. The van der Waals surface area contributed by atoms with Crippen LogP contribution in [0.3, 0.4) is 0 Å². The number of nitrogens with two attached hydrogens (primary N) is 1. The van der Waals surface area contributed by atoms with E-state index in [9.17, 15) is 13.9 Å². The molecule has 3 unspecified atom stereocenters. The summed E-state index contributed by atoms with van der Waals surface area (Å²) in [4.78, 5) is 0. The van der Waals surface area contributed by atoms with E-state index in [2.05, 4.69) is 0 Å². The minimum absolute atomic E-state index is 0.00835. The average Bonchev–Trinajstić information content (AvgIpc) is 2.61. The summed E-state index contributed by atoms with van der Waals surface area (Å²) in [6.45, 7) is 0.427. The fourth-order valence-corrected chi connectivity index (χ4v) is 3.64. The van der Waals surface area contributed by atoms with Crippen LogP contribution in [-0.2, 0) is 0 Å². The predicted octanol–water partition coefficient (Wildman–Crippen LogP) is 2.69. The van der Waals surface area contributed by atoms with Crippen molar-refractivity contribution in [1.29, 1.82) is 0 Å². The molecule has 2 fully saturated rings. The molecular weight excluding hydrogens is 224 g/mol. The smallest absolute Gasteiger partial charge is 0.248 e. The first-order valence-corrected chi connectivity index (χ1v) is 6.73. The Kier molecular flexibility index (Phi) is 3.74. The Hall–Kier alpha value is -0.220. The molecule has 0 heterocycles. The van der Waals surface area contributed by atoms with Crippen molar-refractivity contribution in [3.8, 4) is 0 Å². The highest BCUT2D eigenvalue weighted by Crippen LogP contribution is 2.48. The summed E-state index contributed by atoms with van der Waals surface area (Å²) in [6.07, 6.45) is 4.64. The summed E-state index contributed by atoms with van der Waals surface area (Å²) in [5.74, 6) is -2.44. The molecule has 2 saturated carbocycles. The number of aliphatic hydroxyl groups excluding tert-OH is 1. The van der Waals surface area contributed by atoms with Gasteiger partial charge in [-0.05, 0) is 31.6 Å². The highest BCUT2D eigenvalue weighted by Gasteiger charge is 2.45. The highest BCUT2D eigenvalue weighted by molar-refractivity contribution is 4.95. The van der Waals surface area contributed by atoms with Crippen LogP contribution >= 0.6 is 0 Å². The zero-order valence-corrected chi connectivity index (χ0v) is 10.3. The van der Waals surface area contributed by atoms with Gasteiger partial charge in [0, 0.05) is 24.8 Å². The number of halogens is 2. The van der Waals surface area contributed by atoms with Gasteiger partial charge in [-0.15, -0.1) is 0 Å². The van der Waals surface area contributed by atoms with Crippen LogP contribution in [-0.4, -0.2) is 23.7 Å². The molecule has 0 aromatic carbocycles. The highest BCUT2D eigenvalue weighted by atomic mass is 19.3. The Morgan fingerprint density at radius 3 is 2.47 bits per heavy atom. The topological polar surface area (TPSA) is 46.2 Å². The summed E-state index contributed by atoms with van der Waals surface area (Å²) in [7, 11) is 0. The molecule has 0 aromatic heterocycles. The Morgan fingerprint density at radius 1 is 1.18 bits per heavy atom. The first kappa shape index (κ1) is 13.2. The number of alkyl halides is 2. The fraction of sp³-hybridized carbons (Fsp3) is 1.00. The predicted molar refractivity (Wildman–Crippen MR) is 62.9 cm³/mol. The van der Waals surface area contributed by atoms with Gasteiger partial charge < -0.3 is 10.8 Å². The van der Waals surface area contributed by atoms with Gasteiger partial charge in [0.05, 0.1) is 6.10 Å². The Labute approximate surface area is 102 Å². The van der Waals surface area contributed by atoms with Crippen LogP contribution in [0.5, 0.6) is 0 Å². The third kappa shape index (κ3) is 2.79. The van der Waals surface area contributed by atoms with Gasteiger partial charge in [0.15, 0.2) is 0 Å². The van der Waals surface area contributed by atoms with Crippen molar-refractivity contribution >= 4 is 0 Å². The van der Waals surface area contributed by atoms with E-state index in [-0.39, 0.29) is 24.2 Å². The zero-order valence-electron chi connectivity index (χ0n) is 10.3. The quantitative estimate of drug-likeness (QED) is 0.805. The number of rotatable bonds is 3. The maximum Gasteiger partial charge on any atom is 0.248 e. The second kappa shape index (κ2) is 4.81. The lowest BCUT2D eigenvalue weighted by atomic mass is 9.67. The van der Waals surface area contributed by atoms with Crippen LogP contribution in [0.1, 0.15) is 51.4 Å². The summed E-state index contributed by atoms with van der Waals surface area (Å²) >= 11 is 0. The zero-order chi connectivity index (χ0) is 12.5. The minimum Gasteiger partial charge on any atom is -0.393 e. The lowest BCUT2D eigenvalue weighted by Crippen LogP contribution is -2.45. The standard InChI is InChI=1S/C13H23F2NO/c14-13(15)6-4-10(8-13)7-12(9-16)5-2-1-3-11(12)17/h10-11,17H,1-9,16H2. The molecule has 2 rings (SSSR count). The average molecular weight is 247 g/mol. The number of hydrogen-bond acceptors (Lipinski definition) is 2. The normalized spacial score (nSPS) is 41.6. The van der Waals surface area contributed by atoms with E-state index in [0.29, 0.717) is 19.4 Å². The van der Waals surface area contributed by atoms with Gasteiger partial charge in [-0.3, -0.25) is 0 Å². The van der Waals surface area contributed by atoms with Crippen molar-refractivity contribution in [1.82, 2.24) is 0 Å². The van der Waals surface area contributed by atoms with Crippen molar-refractivity contribution in [2.75, 3.05) is 6.54 Å². The summed E-state index contributed by atoms with van der Waals surface area (Å²) in [5, 5.41) is 10.1. The third-order valence-corrected chi connectivity index (χ3v) is 4.72. The van der Waals surface area contributed by atoms with Gasteiger partial charge >= 0.3 is 0 Å². The van der Waals surface area contributed by atoms with Gasteiger partial charge in [0.2, 0.25) is 5.92 Å². The molecule has 2 aliphatic rings. The summed E-state index contributed by atoms with van der Waals surface area (Å²) in [6, 6.07) is 0. The molecule has 0 saturated heterocycles. The van der Waals surface area contributed by atoms with Crippen LogP contribution in [0.15, 0.2) is 0 Å². The fourth-order valence-electron chi connectivity index (χ4n) is 3.64. The molecule has 100 valence electrons. The van der Waals surface area contributed by atoms with Crippen molar-refractivity contribution in [2.24, 2.45) is 17.1 Å². The van der Waals surface area contributed by atoms with E-state index in [1.54, 1.807) is 0 Å². The van der Waals surface area contributed by atoms with Crippen LogP contribution in [0.4, 0.5) is 8.78 Å². The molecule has 0 bridgehead atoms. The molecule has 3 atom stereocenters. The van der Waals surface area contributed by atoms with Crippen LogP contribution in [0, 0.1) is 11.3 Å².